The first kappa shape index (κ1) is 15.7. The fourth-order valence-corrected chi connectivity index (χ4v) is 2.64. The molecule has 2 heterocycles. The molecule has 24 heavy (non-hydrogen) atoms. The maximum Gasteiger partial charge on any atom is 0.335 e. The van der Waals surface area contributed by atoms with Gasteiger partial charge in [-0.15, -0.1) is 0 Å². The zero-order valence-electron chi connectivity index (χ0n) is 13.5. The van der Waals surface area contributed by atoms with Gasteiger partial charge in [-0.3, -0.25) is 14.9 Å². The predicted octanol–water partition coefficient (Wildman–Crippen LogP) is 2.87. The van der Waals surface area contributed by atoms with Gasteiger partial charge in [0.05, 0.1) is 5.69 Å². The highest BCUT2D eigenvalue weighted by molar-refractivity contribution is 6.39. The Hall–Kier alpha value is -3.15. The molecule has 0 spiro atoms. The molecule has 4 amide bonds. The highest BCUT2D eigenvalue weighted by Gasteiger charge is 2.37. The highest BCUT2D eigenvalue weighted by atomic mass is 16.3. The molecule has 0 atom stereocenters. The van der Waals surface area contributed by atoms with E-state index in [2.05, 4.69) is 5.32 Å². The van der Waals surface area contributed by atoms with E-state index in [1.165, 1.54) is 6.08 Å². The SMILES string of the molecule is Cc1cc(C)cc(N2C(=O)NC(=O)C(=Cc3ccc(C)o3)C2=O)c1. The van der Waals surface area contributed by atoms with Gasteiger partial charge < -0.3 is 4.42 Å². The highest BCUT2D eigenvalue weighted by Crippen LogP contribution is 2.24. The molecular weight excluding hydrogens is 308 g/mol. The summed E-state index contributed by atoms with van der Waals surface area (Å²) in [6.45, 7) is 5.50. The Labute approximate surface area is 138 Å². The Bertz CT molecular complexity index is 872. The number of carbonyl (C=O) groups is 3. The molecule has 0 saturated carbocycles. The van der Waals surface area contributed by atoms with E-state index in [9.17, 15) is 14.4 Å². The number of furan rings is 1. The van der Waals surface area contributed by atoms with Crippen LogP contribution in [0.4, 0.5) is 10.5 Å². The van der Waals surface area contributed by atoms with Gasteiger partial charge in [-0.2, -0.15) is 0 Å². The standard InChI is InChI=1S/C18H16N2O4/c1-10-6-11(2)8-13(7-10)20-17(22)15(16(21)19-18(20)23)9-14-5-4-12(3)24-14/h4-9H,1-3H3,(H,19,21,23). The van der Waals surface area contributed by atoms with Crippen LogP contribution < -0.4 is 10.2 Å². The van der Waals surface area contributed by atoms with Crippen molar-refractivity contribution in [3.63, 3.8) is 0 Å². The van der Waals surface area contributed by atoms with Crippen LogP contribution in [0.5, 0.6) is 0 Å². The van der Waals surface area contributed by atoms with Gasteiger partial charge in [-0.1, -0.05) is 6.07 Å². The summed E-state index contributed by atoms with van der Waals surface area (Å²) < 4.78 is 5.38. The van der Waals surface area contributed by atoms with Gasteiger partial charge in [-0.25, -0.2) is 9.69 Å². The minimum absolute atomic E-state index is 0.150. The first-order chi connectivity index (χ1) is 11.3. The van der Waals surface area contributed by atoms with Crippen LogP contribution in [-0.2, 0) is 9.59 Å². The van der Waals surface area contributed by atoms with Crippen LogP contribution in [0.15, 0.2) is 40.3 Å². The minimum atomic E-state index is -0.761. The minimum Gasteiger partial charge on any atom is -0.462 e. The maximum absolute atomic E-state index is 12.7. The molecule has 1 N–H and O–H groups in total. The number of benzene rings is 1. The molecule has 3 rings (SSSR count). The van der Waals surface area contributed by atoms with Gasteiger partial charge in [0.1, 0.15) is 17.1 Å². The summed E-state index contributed by atoms with van der Waals surface area (Å²) in [5, 5.41) is 2.19. The molecule has 2 aromatic rings. The van der Waals surface area contributed by atoms with Gasteiger partial charge in [0.25, 0.3) is 11.8 Å². The van der Waals surface area contributed by atoms with E-state index in [0.717, 1.165) is 16.0 Å². The topological polar surface area (TPSA) is 79.6 Å². The van der Waals surface area contributed by atoms with Crippen molar-refractivity contribution in [1.29, 1.82) is 0 Å². The van der Waals surface area contributed by atoms with Gasteiger partial charge in [0.2, 0.25) is 0 Å². The van der Waals surface area contributed by atoms with Crippen LogP contribution in [0.25, 0.3) is 6.08 Å². The van der Waals surface area contributed by atoms with Crippen molar-refractivity contribution in [3.05, 3.63) is 58.6 Å². The van der Waals surface area contributed by atoms with Crippen molar-refractivity contribution in [1.82, 2.24) is 5.32 Å². The van der Waals surface area contributed by atoms with Gasteiger partial charge in [0, 0.05) is 0 Å². The average Bonchev–Trinajstić information content (AvgIpc) is 2.87. The van der Waals surface area contributed by atoms with Crippen LogP contribution in [0.1, 0.15) is 22.6 Å². The molecule has 1 aliphatic heterocycles. The van der Waals surface area contributed by atoms with Gasteiger partial charge in [-0.05, 0) is 62.2 Å². The molecular formula is C18H16N2O4. The number of amides is 4. The molecule has 0 bridgehead atoms. The number of barbiturate groups is 1. The largest absolute Gasteiger partial charge is 0.462 e. The summed E-state index contributed by atoms with van der Waals surface area (Å²) in [6, 6.07) is 7.99. The fourth-order valence-electron chi connectivity index (χ4n) is 2.64. The lowest BCUT2D eigenvalue weighted by molar-refractivity contribution is -0.122. The fraction of sp³-hybridized carbons (Fsp3) is 0.167. The molecule has 0 radical (unpaired) electrons. The zero-order valence-corrected chi connectivity index (χ0v) is 13.5. The summed E-state index contributed by atoms with van der Waals surface area (Å²) in [4.78, 5) is 37.9. The lowest BCUT2D eigenvalue weighted by Crippen LogP contribution is -2.54. The number of hydrogen-bond donors (Lipinski definition) is 1. The van der Waals surface area contributed by atoms with E-state index in [4.69, 9.17) is 4.42 Å². The molecule has 122 valence electrons. The zero-order chi connectivity index (χ0) is 17.4. The second-order valence-electron chi connectivity index (χ2n) is 5.75. The number of rotatable bonds is 2. The average molecular weight is 324 g/mol. The lowest BCUT2D eigenvalue weighted by Gasteiger charge is -2.26. The third-order valence-electron chi connectivity index (χ3n) is 3.61. The summed E-state index contributed by atoms with van der Waals surface area (Å²) in [6.07, 6.45) is 1.34. The quantitative estimate of drug-likeness (QED) is 0.680. The van der Waals surface area contributed by atoms with Crippen LogP contribution in [0, 0.1) is 20.8 Å². The Kier molecular flexibility index (Phi) is 3.81. The second-order valence-corrected chi connectivity index (χ2v) is 5.75. The van der Waals surface area contributed by atoms with Crippen molar-refractivity contribution in [2.24, 2.45) is 0 Å². The molecule has 0 unspecified atom stereocenters. The van der Waals surface area contributed by atoms with Gasteiger partial charge >= 0.3 is 6.03 Å². The number of nitrogens with zero attached hydrogens (tertiary/aromatic N) is 1. The lowest BCUT2D eigenvalue weighted by atomic mass is 10.1. The van der Waals surface area contributed by atoms with Crippen LogP contribution >= 0.6 is 0 Å². The molecule has 1 aromatic heterocycles. The van der Waals surface area contributed by atoms with Crippen molar-refractivity contribution < 1.29 is 18.8 Å². The number of imide groups is 2. The van der Waals surface area contributed by atoms with E-state index in [-0.39, 0.29) is 5.57 Å². The Morgan fingerprint density at radius 3 is 2.25 bits per heavy atom. The molecule has 6 heteroatoms. The van der Waals surface area contributed by atoms with Crippen LogP contribution in [-0.4, -0.2) is 17.8 Å². The molecule has 1 saturated heterocycles. The Morgan fingerprint density at radius 2 is 1.67 bits per heavy atom. The summed E-state index contributed by atoms with van der Waals surface area (Å²) in [5.74, 6) is -0.379. The van der Waals surface area contributed by atoms with E-state index in [0.29, 0.717) is 17.2 Å². The normalized spacial score (nSPS) is 16.7. The molecule has 1 aliphatic rings. The first-order valence-corrected chi connectivity index (χ1v) is 7.41. The van der Waals surface area contributed by atoms with Crippen LogP contribution in [0.3, 0.4) is 0 Å². The molecule has 1 aromatic carbocycles. The molecule has 6 nitrogen and oxygen atoms in total. The van der Waals surface area contributed by atoms with Crippen LogP contribution in [0.2, 0.25) is 0 Å². The third-order valence-corrected chi connectivity index (χ3v) is 3.61. The second kappa shape index (κ2) is 5.81. The van der Waals surface area contributed by atoms with E-state index >= 15 is 0 Å². The number of urea groups is 1. The summed E-state index contributed by atoms with van der Waals surface area (Å²) in [7, 11) is 0. The first-order valence-electron chi connectivity index (χ1n) is 7.41. The number of nitrogens with one attached hydrogen (secondary N) is 1. The monoisotopic (exact) mass is 324 g/mol. The number of anilines is 1. The number of hydrogen-bond acceptors (Lipinski definition) is 4. The van der Waals surface area contributed by atoms with Crippen molar-refractivity contribution in [2.45, 2.75) is 20.8 Å². The van der Waals surface area contributed by atoms with E-state index in [1.807, 2.05) is 19.9 Å². The van der Waals surface area contributed by atoms with Crippen molar-refractivity contribution >= 4 is 29.6 Å². The summed E-state index contributed by atoms with van der Waals surface area (Å²) >= 11 is 0. The van der Waals surface area contributed by atoms with Crippen molar-refractivity contribution in [3.8, 4) is 0 Å². The third kappa shape index (κ3) is 2.86. The Balaban J connectivity index is 2.04. The Morgan fingerprint density at radius 1 is 1.00 bits per heavy atom. The predicted molar refractivity (Wildman–Crippen MR) is 88.4 cm³/mol. The number of carbonyl (C=O) groups excluding carboxylic acids is 3. The molecule has 1 fully saturated rings. The number of aryl methyl sites for hydroxylation is 3. The van der Waals surface area contributed by atoms with Crippen molar-refractivity contribution in [2.75, 3.05) is 4.90 Å². The van der Waals surface area contributed by atoms with Gasteiger partial charge in [0.15, 0.2) is 0 Å². The van der Waals surface area contributed by atoms with E-state index in [1.54, 1.807) is 31.2 Å². The molecule has 0 aliphatic carbocycles. The smallest absolute Gasteiger partial charge is 0.335 e. The summed E-state index contributed by atoms with van der Waals surface area (Å²) in [5.41, 5.74) is 2.09. The van der Waals surface area contributed by atoms with E-state index < -0.39 is 17.8 Å². The maximum atomic E-state index is 12.7.